The fourth-order valence-corrected chi connectivity index (χ4v) is 2.12. The van der Waals surface area contributed by atoms with Crippen molar-refractivity contribution in [3.8, 4) is 0 Å². The molecule has 2 N–H and O–H groups in total. The molecule has 2 heterocycles. The minimum absolute atomic E-state index is 0.0252. The zero-order valence-corrected chi connectivity index (χ0v) is 11.2. The molecule has 0 aliphatic carbocycles. The summed E-state index contributed by atoms with van der Waals surface area (Å²) in [4.78, 5) is 19.6. The second kappa shape index (κ2) is 5.58. The second-order valence-electron chi connectivity index (χ2n) is 4.56. The van der Waals surface area contributed by atoms with Crippen molar-refractivity contribution in [1.29, 1.82) is 0 Å². The van der Waals surface area contributed by atoms with Crippen LogP contribution in [0.3, 0.4) is 0 Å². The highest BCUT2D eigenvalue weighted by Gasteiger charge is 2.10. The third kappa shape index (κ3) is 2.81. The van der Waals surface area contributed by atoms with Gasteiger partial charge in [0.25, 0.3) is 0 Å². The average Bonchev–Trinajstić information content (AvgIpc) is 2.53. The first kappa shape index (κ1) is 13.1. The van der Waals surface area contributed by atoms with Gasteiger partial charge in [0.15, 0.2) is 5.69 Å². The summed E-state index contributed by atoms with van der Waals surface area (Å²) in [6.07, 6.45) is 1.72. The van der Waals surface area contributed by atoms with Crippen LogP contribution < -0.4 is 5.32 Å². The van der Waals surface area contributed by atoms with Gasteiger partial charge >= 0.3 is 5.97 Å². The summed E-state index contributed by atoms with van der Waals surface area (Å²) in [5.41, 5.74) is 0.890. The van der Waals surface area contributed by atoms with Crippen LogP contribution in [-0.4, -0.2) is 21.0 Å². The quantitative estimate of drug-likeness (QED) is 0.768. The Hall–Kier alpha value is -2.95. The van der Waals surface area contributed by atoms with Crippen LogP contribution in [0.15, 0.2) is 54.7 Å². The molecule has 0 atom stereocenters. The molecule has 0 spiro atoms. The van der Waals surface area contributed by atoms with Gasteiger partial charge < -0.3 is 10.4 Å². The van der Waals surface area contributed by atoms with E-state index >= 15 is 0 Å². The largest absolute Gasteiger partial charge is 0.477 e. The Bertz CT molecular complexity index is 788. The minimum Gasteiger partial charge on any atom is -0.477 e. The fraction of sp³-hybridized carbons (Fsp3) is 0.0625. The number of hydrogen-bond donors (Lipinski definition) is 2. The van der Waals surface area contributed by atoms with Crippen LogP contribution in [0.25, 0.3) is 10.8 Å². The molecule has 3 aromatic rings. The predicted octanol–water partition coefficient (Wildman–Crippen LogP) is 2.94. The zero-order chi connectivity index (χ0) is 14.7. The van der Waals surface area contributed by atoms with Gasteiger partial charge in [-0.25, -0.2) is 9.78 Å². The topological polar surface area (TPSA) is 75.1 Å². The smallest absolute Gasteiger partial charge is 0.354 e. The van der Waals surface area contributed by atoms with Gasteiger partial charge in [-0.2, -0.15) is 0 Å². The Labute approximate surface area is 121 Å². The molecular formula is C16H13N3O2. The number of benzene rings is 1. The van der Waals surface area contributed by atoms with Gasteiger partial charge in [-0.1, -0.05) is 30.3 Å². The minimum atomic E-state index is -1.04. The molecule has 0 aliphatic rings. The maximum Gasteiger partial charge on any atom is 0.354 e. The molecule has 5 heteroatoms. The Kier molecular flexibility index (Phi) is 3.47. The lowest BCUT2D eigenvalue weighted by Gasteiger charge is -2.09. The second-order valence-corrected chi connectivity index (χ2v) is 4.56. The van der Waals surface area contributed by atoms with Crippen LogP contribution in [0, 0.1) is 0 Å². The Morgan fingerprint density at radius 2 is 1.95 bits per heavy atom. The maximum absolute atomic E-state index is 11.2. The summed E-state index contributed by atoms with van der Waals surface area (Å²) in [7, 11) is 0. The zero-order valence-electron chi connectivity index (χ0n) is 11.2. The average molecular weight is 279 g/mol. The first-order valence-corrected chi connectivity index (χ1v) is 6.51. The number of nitrogens with one attached hydrogen (secondary N) is 1. The van der Waals surface area contributed by atoms with Crippen molar-refractivity contribution in [2.45, 2.75) is 6.54 Å². The van der Waals surface area contributed by atoms with Gasteiger partial charge in [0.1, 0.15) is 5.82 Å². The van der Waals surface area contributed by atoms with Crippen molar-refractivity contribution in [3.63, 3.8) is 0 Å². The van der Waals surface area contributed by atoms with Crippen molar-refractivity contribution in [3.05, 3.63) is 66.1 Å². The van der Waals surface area contributed by atoms with Gasteiger partial charge in [0, 0.05) is 11.6 Å². The van der Waals surface area contributed by atoms with E-state index in [1.54, 1.807) is 12.3 Å². The van der Waals surface area contributed by atoms with Crippen molar-refractivity contribution >= 4 is 22.6 Å². The Morgan fingerprint density at radius 1 is 1.14 bits per heavy atom. The van der Waals surface area contributed by atoms with E-state index in [1.807, 2.05) is 42.5 Å². The van der Waals surface area contributed by atoms with E-state index in [1.165, 1.54) is 0 Å². The number of hydrogen-bond acceptors (Lipinski definition) is 4. The number of nitrogens with zero attached hydrogens (tertiary/aromatic N) is 2. The van der Waals surface area contributed by atoms with Crippen LogP contribution in [0.4, 0.5) is 5.82 Å². The molecule has 0 radical (unpaired) electrons. The van der Waals surface area contributed by atoms with E-state index in [-0.39, 0.29) is 5.69 Å². The summed E-state index contributed by atoms with van der Waals surface area (Å²) in [6.45, 7) is 0.487. The number of rotatable bonds is 4. The third-order valence-electron chi connectivity index (χ3n) is 3.12. The molecule has 5 nitrogen and oxygen atoms in total. The molecule has 0 bridgehead atoms. The lowest BCUT2D eigenvalue weighted by Crippen LogP contribution is -2.07. The number of carbonyl (C=O) groups is 1. The molecule has 104 valence electrons. The molecule has 0 unspecified atom stereocenters. The van der Waals surface area contributed by atoms with Gasteiger partial charge in [-0.3, -0.25) is 4.98 Å². The molecule has 1 aromatic carbocycles. The summed E-state index contributed by atoms with van der Waals surface area (Å²) in [5, 5.41) is 14.0. The molecular weight excluding hydrogens is 266 g/mol. The van der Waals surface area contributed by atoms with E-state index in [0.717, 1.165) is 16.5 Å². The first-order valence-electron chi connectivity index (χ1n) is 6.51. The van der Waals surface area contributed by atoms with E-state index < -0.39 is 5.97 Å². The number of aromatic nitrogens is 2. The Morgan fingerprint density at radius 3 is 2.71 bits per heavy atom. The van der Waals surface area contributed by atoms with Crippen LogP contribution >= 0.6 is 0 Å². The summed E-state index contributed by atoms with van der Waals surface area (Å²) in [5.74, 6) is -0.488. The van der Waals surface area contributed by atoms with Crippen molar-refractivity contribution in [2.75, 3.05) is 5.32 Å². The van der Waals surface area contributed by atoms with Gasteiger partial charge in [-0.15, -0.1) is 0 Å². The number of anilines is 1. The first-order chi connectivity index (χ1) is 10.2. The van der Waals surface area contributed by atoms with Crippen LogP contribution in [-0.2, 0) is 6.54 Å². The van der Waals surface area contributed by atoms with Crippen LogP contribution in [0.5, 0.6) is 0 Å². The van der Waals surface area contributed by atoms with E-state index in [9.17, 15) is 4.79 Å². The van der Waals surface area contributed by atoms with E-state index in [0.29, 0.717) is 12.4 Å². The number of pyridine rings is 2. The SMILES string of the molecule is O=C(O)c1cc2ccccc2c(NCc2ccccn2)n1. The van der Waals surface area contributed by atoms with Gasteiger partial charge in [0.2, 0.25) is 0 Å². The van der Waals surface area contributed by atoms with E-state index in [4.69, 9.17) is 5.11 Å². The summed E-state index contributed by atoms with van der Waals surface area (Å²) in [6, 6.07) is 14.8. The molecule has 0 amide bonds. The molecule has 3 rings (SSSR count). The monoisotopic (exact) mass is 279 g/mol. The number of aromatic carboxylic acids is 1. The fourth-order valence-electron chi connectivity index (χ4n) is 2.12. The lowest BCUT2D eigenvalue weighted by molar-refractivity contribution is 0.0691. The summed E-state index contributed by atoms with van der Waals surface area (Å²) >= 11 is 0. The van der Waals surface area contributed by atoms with Crippen molar-refractivity contribution in [1.82, 2.24) is 9.97 Å². The Balaban J connectivity index is 1.98. The van der Waals surface area contributed by atoms with E-state index in [2.05, 4.69) is 15.3 Å². The number of carboxylic acid groups (broad SMARTS) is 1. The predicted molar refractivity (Wildman–Crippen MR) is 80.3 cm³/mol. The van der Waals surface area contributed by atoms with Crippen molar-refractivity contribution in [2.24, 2.45) is 0 Å². The standard InChI is InChI=1S/C16H13N3O2/c20-16(21)14-9-11-5-1-2-7-13(11)15(19-14)18-10-12-6-3-4-8-17-12/h1-9H,10H2,(H,18,19)(H,20,21). The lowest BCUT2D eigenvalue weighted by atomic mass is 10.1. The number of fused-ring (bicyclic) bond motifs is 1. The molecule has 21 heavy (non-hydrogen) atoms. The third-order valence-corrected chi connectivity index (χ3v) is 3.12. The molecule has 0 saturated carbocycles. The molecule has 2 aromatic heterocycles. The maximum atomic E-state index is 11.2. The number of carboxylic acids is 1. The summed E-state index contributed by atoms with van der Waals surface area (Å²) < 4.78 is 0. The molecule has 0 saturated heterocycles. The van der Waals surface area contributed by atoms with Crippen molar-refractivity contribution < 1.29 is 9.90 Å². The highest BCUT2D eigenvalue weighted by atomic mass is 16.4. The van der Waals surface area contributed by atoms with Gasteiger partial charge in [-0.05, 0) is 23.6 Å². The highest BCUT2D eigenvalue weighted by Crippen LogP contribution is 2.23. The molecule has 0 fully saturated rings. The highest BCUT2D eigenvalue weighted by molar-refractivity contribution is 5.97. The molecule has 0 aliphatic heterocycles. The van der Waals surface area contributed by atoms with Crippen LogP contribution in [0.2, 0.25) is 0 Å². The van der Waals surface area contributed by atoms with Gasteiger partial charge in [0.05, 0.1) is 12.2 Å². The van der Waals surface area contributed by atoms with Crippen LogP contribution in [0.1, 0.15) is 16.2 Å². The normalized spacial score (nSPS) is 10.5.